The Morgan fingerprint density at radius 3 is 2.50 bits per heavy atom. The van der Waals surface area contributed by atoms with E-state index in [1.54, 1.807) is 6.92 Å². The number of rotatable bonds is 6. The molecule has 0 bridgehead atoms. The summed E-state index contributed by atoms with van der Waals surface area (Å²) in [7, 11) is 0. The van der Waals surface area contributed by atoms with Gasteiger partial charge in [-0.05, 0) is 24.1 Å². The highest BCUT2D eigenvalue weighted by Crippen LogP contribution is 2.24. The molecule has 0 spiro atoms. The zero-order chi connectivity index (χ0) is 15.3. The van der Waals surface area contributed by atoms with Crippen LogP contribution >= 0.6 is 11.6 Å². The van der Waals surface area contributed by atoms with Gasteiger partial charge in [0.05, 0.1) is 13.0 Å². The van der Waals surface area contributed by atoms with Gasteiger partial charge in [0.1, 0.15) is 6.10 Å². The molecule has 7 heteroatoms. The van der Waals surface area contributed by atoms with E-state index in [-0.39, 0.29) is 23.6 Å². The van der Waals surface area contributed by atoms with Crippen molar-refractivity contribution in [3.05, 3.63) is 34.3 Å². The highest BCUT2D eigenvalue weighted by molar-refractivity contribution is 6.31. The Morgan fingerprint density at radius 1 is 1.35 bits per heavy atom. The van der Waals surface area contributed by atoms with Crippen molar-refractivity contribution >= 4 is 23.5 Å². The zero-order valence-corrected chi connectivity index (χ0v) is 11.5. The maximum Gasteiger partial charge on any atom is 0.338 e. The van der Waals surface area contributed by atoms with E-state index in [9.17, 15) is 19.8 Å². The number of aliphatic carboxylic acids is 1. The van der Waals surface area contributed by atoms with E-state index in [2.05, 4.69) is 4.74 Å². The molecule has 110 valence electrons. The second-order valence-corrected chi connectivity index (χ2v) is 4.47. The summed E-state index contributed by atoms with van der Waals surface area (Å²) in [6.45, 7) is 1.66. The first-order valence-electron chi connectivity index (χ1n) is 5.89. The first kappa shape index (κ1) is 16.4. The molecule has 1 aromatic rings. The van der Waals surface area contributed by atoms with E-state index in [1.165, 1.54) is 18.2 Å². The number of carboxylic acids is 1. The number of halogens is 1. The lowest BCUT2D eigenvalue weighted by Gasteiger charge is -2.17. The SMILES string of the molecule is CCOC(=O)C(O)C(O)c1ccc(CC(=O)O)c(Cl)c1. The molecule has 0 radical (unpaired) electrons. The molecule has 6 nitrogen and oxygen atoms in total. The summed E-state index contributed by atoms with van der Waals surface area (Å²) in [6.07, 6.45) is -3.47. The molecule has 3 N–H and O–H groups in total. The van der Waals surface area contributed by atoms with Gasteiger partial charge in [-0.3, -0.25) is 4.79 Å². The van der Waals surface area contributed by atoms with Crippen molar-refractivity contribution in [2.75, 3.05) is 6.61 Å². The minimum Gasteiger partial charge on any atom is -0.481 e. The molecule has 2 atom stereocenters. The first-order chi connectivity index (χ1) is 9.36. The molecule has 0 amide bonds. The van der Waals surface area contributed by atoms with Crippen LogP contribution in [0.3, 0.4) is 0 Å². The van der Waals surface area contributed by atoms with E-state index < -0.39 is 24.1 Å². The highest BCUT2D eigenvalue weighted by Gasteiger charge is 2.27. The second kappa shape index (κ2) is 7.23. The monoisotopic (exact) mass is 302 g/mol. The highest BCUT2D eigenvalue weighted by atomic mass is 35.5. The van der Waals surface area contributed by atoms with Crippen molar-refractivity contribution in [1.82, 2.24) is 0 Å². The third-order valence-corrected chi connectivity index (χ3v) is 2.94. The predicted octanol–water partition coefficient (Wildman–Crippen LogP) is 0.925. The Hall–Kier alpha value is -1.63. The molecule has 0 aliphatic rings. The maximum atomic E-state index is 11.3. The molecule has 0 heterocycles. The molecule has 1 rings (SSSR count). The summed E-state index contributed by atoms with van der Waals surface area (Å²) in [6, 6.07) is 4.14. The number of esters is 1. The standard InChI is InChI=1S/C13H15ClO6/c1-2-20-13(19)12(18)11(17)8-4-3-7(6-10(15)16)9(14)5-8/h3-5,11-12,17-18H,2,6H2,1H3,(H,15,16). The molecule has 1 aromatic carbocycles. The molecule has 0 fully saturated rings. The van der Waals surface area contributed by atoms with Gasteiger partial charge in [0.25, 0.3) is 0 Å². The van der Waals surface area contributed by atoms with Crippen molar-refractivity contribution in [2.45, 2.75) is 25.6 Å². The van der Waals surface area contributed by atoms with Crippen LogP contribution in [0.5, 0.6) is 0 Å². The molecule has 0 aliphatic carbocycles. The van der Waals surface area contributed by atoms with Crippen molar-refractivity contribution in [3.63, 3.8) is 0 Å². The largest absolute Gasteiger partial charge is 0.481 e. The van der Waals surface area contributed by atoms with Gasteiger partial charge in [-0.25, -0.2) is 4.79 Å². The first-order valence-corrected chi connectivity index (χ1v) is 6.27. The smallest absolute Gasteiger partial charge is 0.338 e. The van der Waals surface area contributed by atoms with Gasteiger partial charge in [0, 0.05) is 5.02 Å². The van der Waals surface area contributed by atoms with Crippen LogP contribution in [0, 0.1) is 0 Å². The molecule has 20 heavy (non-hydrogen) atoms. The number of hydrogen-bond donors (Lipinski definition) is 3. The van der Waals surface area contributed by atoms with Crippen molar-refractivity contribution < 1.29 is 29.6 Å². The predicted molar refractivity (Wildman–Crippen MR) is 70.4 cm³/mol. The van der Waals surface area contributed by atoms with Crippen LogP contribution in [0.1, 0.15) is 24.2 Å². The van der Waals surface area contributed by atoms with Gasteiger partial charge >= 0.3 is 11.9 Å². The summed E-state index contributed by atoms with van der Waals surface area (Å²) in [4.78, 5) is 21.9. The molecular formula is C13H15ClO6. The lowest BCUT2D eigenvalue weighted by Crippen LogP contribution is -2.29. The third kappa shape index (κ3) is 4.19. The molecule has 2 unspecified atom stereocenters. The Labute approximate surface area is 120 Å². The maximum absolute atomic E-state index is 11.3. The van der Waals surface area contributed by atoms with Crippen molar-refractivity contribution in [2.24, 2.45) is 0 Å². The van der Waals surface area contributed by atoms with Gasteiger partial charge in [-0.2, -0.15) is 0 Å². The average Bonchev–Trinajstić information content (AvgIpc) is 2.39. The van der Waals surface area contributed by atoms with Crippen molar-refractivity contribution in [1.29, 1.82) is 0 Å². The Kier molecular flexibility index (Phi) is 5.94. The van der Waals surface area contributed by atoms with E-state index in [1.807, 2.05) is 0 Å². The van der Waals surface area contributed by atoms with E-state index in [4.69, 9.17) is 16.7 Å². The summed E-state index contributed by atoms with van der Waals surface area (Å²) in [5, 5.41) is 28.3. The molecule has 0 saturated carbocycles. The number of ether oxygens (including phenoxy) is 1. The number of aliphatic hydroxyl groups is 2. The van der Waals surface area contributed by atoms with Gasteiger partial charge < -0.3 is 20.1 Å². The van der Waals surface area contributed by atoms with Gasteiger partial charge in [0.15, 0.2) is 6.10 Å². The summed E-state index contributed by atoms with van der Waals surface area (Å²) < 4.78 is 4.59. The van der Waals surface area contributed by atoms with Crippen LogP contribution in [-0.2, 0) is 20.7 Å². The quantitative estimate of drug-likeness (QED) is 0.675. The van der Waals surface area contributed by atoms with E-state index >= 15 is 0 Å². The van der Waals surface area contributed by atoms with E-state index in [0.717, 1.165) is 0 Å². The number of carbonyl (C=O) groups is 2. The Morgan fingerprint density at radius 2 is 2.00 bits per heavy atom. The summed E-state index contributed by atoms with van der Waals surface area (Å²) in [5.41, 5.74) is 0.574. The number of benzene rings is 1. The summed E-state index contributed by atoms with van der Waals surface area (Å²) >= 11 is 5.89. The van der Waals surface area contributed by atoms with Crippen LogP contribution in [0.15, 0.2) is 18.2 Å². The van der Waals surface area contributed by atoms with Crippen LogP contribution in [-0.4, -0.2) is 40.0 Å². The topological polar surface area (TPSA) is 104 Å². The summed E-state index contributed by atoms with van der Waals surface area (Å²) in [5.74, 6) is -1.97. The second-order valence-electron chi connectivity index (χ2n) is 4.06. The minimum absolute atomic E-state index is 0.0842. The fraction of sp³-hybridized carbons (Fsp3) is 0.385. The average molecular weight is 303 g/mol. The number of hydrogen-bond acceptors (Lipinski definition) is 5. The van der Waals surface area contributed by atoms with Gasteiger partial charge in [0.2, 0.25) is 0 Å². The Bertz CT molecular complexity index is 502. The molecular weight excluding hydrogens is 288 g/mol. The van der Waals surface area contributed by atoms with Crippen LogP contribution in [0.4, 0.5) is 0 Å². The van der Waals surface area contributed by atoms with Gasteiger partial charge in [-0.1, -0.05) is 23.7 Å². The van der Waals surface area contributed by atoms with Crippen LogP contribution in [0.2, 0.25) is 5.02 Å². The fourth-order valence-corrected chi connectivity index (χ4v) is 1.85. The zero-order valence-electron chi connectivity index (χ0n) is 10.7. The lowest BCUT2D eigenvalue weighted by molar-refractivity contribution is -0.159. The molecule has 0 aliphatic heterocycles. The lowest BCUT2D eigenvalue weighted by atomic mass is 10.0. The van der Waals surface area contributed by atoms with Crippen molar-refractivity contribution in [3.8, 4) is 0 Å². The Balaban J connectivity index is 2.89. The van der Waals surface area contributed by atoms with E-state index in [0.29, 0.717) is 5.56 Å². The number of carbonyl (C=O) groups excluding carboxylic acids is 1. The van der Waals surface area contributed by atoms with Crippen LogP contribution in [0.25, 0.3) is 0 Å². The third-order valence-electron chi connectivity index (χ3n) is 2.59. The number of aliphatic hydroxyl groups excluding tert-OH is 2. The normalized spacial score (nSPS) is 13.6. The molecule has 0 aromatic heterocycles. The van der Waals surface area contributed by atoms with Gasteiger partial charge in [-0.15, -0.1) is 0 Å². The fourth-order valence-electron chi connectivity index (χ4n) is 1.59. The minimum atomic E-state index is -1.73. The van der Waals surface area contributed by atoms with Crippen LogP contribution < -0.4 is 0 Å². The number of carboxylic acid groups (broad SMARTS) is 1. The molecule has 0 saturated heterocycles.